The van der Waals surface area contributed by atoms with Gasteiger partial charge in [-0.15, -0.1) is 5.10 Å². The average Bonchev–Trinajstić information content (AvgIpc) is 2.98. The van der Waals surface area contributed by atoms with Gasteiger partial charge in [-0.3, -0.25) is 19.2 Å². The number of thioether (sulfide) groups is 1. The molecular formula is C15H13FN4O4S. The minimum atomic E-state index is -1.77. The van der Waals surface area contributed by atoms with E-state index < -0.39 is 34.3 Å². The number of anilines is 1. The lowest BCUT2D eigenvalue weighted by Gasteiger charge is -2.29. The summed E-state index contributed by atoms with van der Waals surface area (Å²) in [6.45, 7) is 3.63. The van der Waals surface area contributed by atoms with Gasteiger partial charge in [0.15, 0.2) is 5.17 Å². The molecule has 0 bridgehead atoms. The summed E-state index contributed by atoms with van der Waals surface area (Å²) in [7, 11) is 0. The topological polar surface area (TPSA) is 99.2 Å². The Morgan fingerprint density at radius 1 is 1.20 bits per heavy atom. The molecule has 0 aromatic heterocycles. The van der Waals surface area contributed by atoms with Crippen molar-refractivity contribution in [3.05, 3.63) is 29.6 Å². The van der Waals surface area contributed by atoms with E-state index in [-0.39, 0.29) is 16.4 Å². The first-order valence-electron chi connectivity index (χ1n) is 7.19. The second kappa shape index (κ2) is 5.66. The van der Waals surface area contributed by atoms with E-state index in [0.717, 1.165) is 33.8 Å². The lowest BCUT2D eigenvalue weighted by atomic mass is 10.1. The van der Waals surface area contributed by atoms with Crippen LogP contribution in [0.2, 0.25) is 0 Å². The lowest BCUT2D eigenvalue weighted by molar-refractivity contribution is -0.140. The number of hydrogen-bond donors (Lipinski definition) is 1. The Balaban J connectivity index is 2.22. The minimum Gasteiger partial charge on any atom is -0.304 e. The molecule has 1 aromatic rings. The van der Waals surface area contributed by atoms with Crippen molar-refractivity contribution in [2.24, 2.45) is 5.10 Å². The number of halogens is 1. The number of fused-ring (bicyclic) bond motifs is 2. The standard InChI is InChI=1S/C15H13FN4O4S/c1-7(21)17-14-18-20(9(3)23)15(25-14)11-6-10(16)4-5-12(11)19(8(2)22)13(15)24/h4-6H,1-3H3,(H,17,18,21)/t15-/m1/s1. The van der Waals surface area contributed by atoms with Crippen molar-refractivity contribution in [3.63, 3.8) is 0 Å². The van der Waals surface area contributed by atoms with E-state index in [1.54, 1.807) is 0 Å². The molecule has 0 unspecified atom stereocenters. The number of hydrogen-bond acceptors (Lipinski definition) is 6. The normalized spacial score (nSPS) is 21.4. The van der Waals surface area contributed by atoms with E-state index in [2.05, 4.69) is 10.4 Å². The molecule has 1 aromatic carbocycles. The molecule has 1 atom stereocenters. The van der Waals surface area contributed by atoms with Crippen molar-refractivity contribution in [1.29, 1.82) is 0 Å². The Bertz CT molecular complexity index is 871. The number of amidine groups is 1. The van der Waals surface area contributed by atoms with Gasteiger partial charge in [0, 0.05) is 26.3 Å². The number of rotatable bonds is 0. The second-order valence-electron chi connectivity index (χ2n) is 5.48. The average molecular weight is 364 g/mol. The molecule has 0 fully saturated rings. The van der Waals surface area contributed by atoms with Crippen LogP contribution in [0.4, 0.5) is 10.1 Å². The van der Waals surface area contributed by atoms with Gasteiger partial charge in [0.05, 0.1) is 5.69 Å². The Morgan fingerprint density at radius 2 is 1.88 bits per heavy atom. The summed E-state index contributed by atoms with van der Waals surface area (Å²) in [5.74, 6) is -2.99. The second-order valence-corrected chi connectivity index (χ2v) is 6.67. The van der Waals surface area contributed by atoms with Crippen LogP contribution < -0.4 is 10.2 Å². The molecule has 10 heteroatoms. The first-order valence-corrected chi connectivity index (χ1v) is 8.01. The van der Waals surface area contributed by atoms with Gasteiger partial charge in [-0.2, -0.15) is 5.01 Å². The van der Waals surface area contributed by atoms with Gasteiger partial charge in [0.25, 0.3) is 5.91 Å². The van der Waals surface area contributed by atoms with E-state index in [0.29, 0.717) is 0 Å². The van der Waals surface area contributed by atoms with Gasteiger partial charge in [-0.25, -0.2) is 9.29 Å². The number of imide groups is 1. The summed E-state index contributed by atoms with van der Waals surface area (Å²) in [5.41, 5.74) is 0.300. The molecule has 0 radical (unpaired) electrons. The van der Waals surface area contributed by atoms with Gasteiger partial charge >= 0.3 is 0 Å². The van der Waals surface area contributed by atoms with Crippen molar-refractivity contribution in [2.45, 2.75) is 25.6 Å². The van der Waals surface area contributed by atoms with E-state index in [1.165, 1.54) is 26.8 Å². The maximum Gasteiger partial charge on any atom is 0.277 e. The van der Waals surface area contributed by atoms with Crippen LogP contribution in [-0.2, 0) is 24.0 Å². The highest BCUT2D eigenvalue weighted by atomic mass is 32.2. The zero-order chi connectivity index (χ0) is 18.5. The molecule has 0 saturated carbocycles. The predicted molar refractivity (Wildman–Crippen MR) is 87.6 cm³/mol. The number of hydrazone groups is 1. The molecular weight excluding hydrogens is 351 g/mol. The Labute approximate surface area is 146 Å². The molecule has 25 heavy (non-hydrogen) atoms. The summed E-state index contributed by atoms with van der Waals surface area (Å²) in [6.07, 6.45) is 0. The number of carbonyl (C=O) groups is 4. The highest BCUT2D eigenvalue weighted by Gasteiger charge is 2.62. The maximum atomic E-state index is 13.9. The van der Waals surface area contributed by atoms with Crippen molar-refractivity contribution >= 4 is 46.2 Å². The first kappa shape index (κ1) is 17.1. The summed E-state index contributed by atoms with van der Waals surface area (Å²) in [4.78, 5) is 47.6. The third-order valence-electron chi connectivity index (χ3n) is 3.69. The van der Waals surface area contributed by atoms with Crippen LogP contribution in [0.1, 0.15) is 26.3 Å². The number of amides is 4. The van der Waals surface area contributed by atoms with E-state index >= 15 is 0 Å². The summed E-state index contributed by atoms with van der Waals surface area (Å²) in [5, 5.41) is 7.28. The van der Waals surface area contributed by atoms with Gasteiger partial charge in [-0.1, -0.05) is 0 Å². The van der Waals surface area contributed by atoms with Crippen molar-refractivity contribution < 1.29 is 23.6 Å². The van der Waals surface area contributed by atoms with E-state index in [1.807, 2.05) is 0 Å². The van der Waals surface area contributed by atoms with Crippen LogP contribution in [0.5, 0.6) is 0 Å². The zero-order valence-electron chi connectivity index (χ0n) is 13.5. The Morgan fingerprint density at radius 3 is 2.44 bits per heavy atom. The Kier molecular flexibility index (Phi) is 3.87. The van der Waals surface area contributed by atoms with Gasteiger partial charge in [-0.05, 0) is 30.0 Å². The molecule has 130 valence electrons. The number of nitrogens with one attached hydrogen (secondary N) is 1. The van der Waals surface area contributed by atoms with Crippen molar-refractivity contribution in [3.8, 4) is 0 Å². The minimum absolute atomic E-state index is 0.0108. The predicted octanol–water partition coefficient (Wildman–Crippen LogP) is 0.874. The molecule has 0 aliphatic carbocycles. The van der Waals surface area contributed by atoms with E-state index in [9.17, 15) is 23.6 Å². The fourth-order valence-corrected chi connectivity index (χ4v) is 4.13. The van der Waals surface area contributed by atoms with Crippen molar-refractivity contribution in [2.75, 3.05) is 4.90 Å². The highest BCUT2D eigenvalue weighted by Crippen LogP contribution is 2.54. The largest absolute Gasteiger partial charge is 0.304 e. The SMILES string of the molecule is CC(=O)NC1=NN(C(C)=O)[C@]2(S1)C(=O)N(C(C)=O)c1ccc(F)cc12. The quantitative estimate of drug-likeness (QED) is 0.737. The number of carbonyl (C=O) groups excluding carboxylic acids is 4. The maximum absolute atomic E-state index is 13.9. The summed E-state index contributed by atoms with van der Waals surface area (Å²) < 4.78 is 13.9. The van der Waals surface area contributed by atoms with Gasteiger partial charge < -0.3 is 5.32 Å². The van der Waals surface area contributed by atoms with Crippen LogP contribution in [0.15, 0.2) is 23.3 Å². The molecule has 4 amide bonds. The third kappa shape index (κ3) is 2.40. The van der Waals surface area contributed by atoms with Crippen LogP contribution in [0.25, 0.3) is 0 Å². The van der Waals surface area contributed by atoms with E-state index in [4.69, 9.17) is 0 Å². The summed E-state index contributed by atoms with van der Waals surface area (Å²) >= 11 is 0.779. The fraction of sp³-hybridized carbons (Fsp3) is 0.267. The first-order chi connectivity index (χ1) is 11.7. The lowest BCUT2D eigenvalue weighted by Crippen LogP contribution is -2.49. The molecule has 2 aliphatic heterocycles. The zero-order valence-corrected chi connectivity index (χ0v) is 14.3. The molecule has 0 saturated heterocycles. The summed E-state index contributed by atoms with van der Waals surface area (Å²) in [6, 6.07) is 3.51. The molecule has 8 nitrogen and oxygen atoms in total. The molecule has 3 rings (SSSR count). The fourth-order valence-electron chi connectivity index (χ4n) is 2.82. The van der Waals surface area contributed by atoms with Crippen LogP contribution in [-0.4, -0.2) is 33.8 Å². The smallest absolute Gasteiger partial charge is 0.277 e. The van der Waals surface area contributed by atoms with Crippen LogP contribution >= 0.6 is 11.8 Å². The van der Waals surface area contributed by atoms with Crippen molar-refractivity contribution in [1.82, 2.24) is 10.3 Å². The molecule has 2 aliphatic rings. The van der Waals surface area contributed by atoms with Crippen LogP contribution in [0, 0.1) is 5.82 Å². The third-order valence-corrected chi connectivity index (χ3v) is 4.93. The molecule has 1 spiro atoms. The number of benzene rings is 1. The molecule has 1 N–H and O–H groups in total. The van der Waals surface area contributed by atoms with Crippen LogP contribution in [0.3, 0.4) is 0 Å². The number of nitrogens with zero attached hydrogens (tertiary/aromatic N) is 3. The monoisotopic (exact) mass is 364 g/mol. The highest BCUT2D eigenvalue weighted by molar-refractivity contribution is 8.15. The van der Waals surface area contributed by atoms with Gasteiger partial charge in [0.2, 0.25) is 22.6 Å². The molecule has 2 heterocycles. The van der Waals surface area contributed by atoms with Gasteiger partial charge in [0.1, 0.15) is 5.82 Å². The Hall–Kier alpha value is -2.75.